The molecule has 0 spiro atoms. The van der Waals surface area contributed by atoms with Crippen molar-refractivity contribution in [3.8, 4) is 0 Å². The lowest BCUT2D eigenvalue weighted by Crippen LogP contribution is -2.28. The van der Waals surface area contributed by atoms with Gasteiger partial charge in [-0.15, -0.1) is 11.3 Å². The molecule has 4 heteroatoms. The summed E-state index contributed by atoms with van der Waals surface area (Å²) in [5, 5.41) is 4.55. The second-order valence-electron chi connectivity index (χ2n) is 4.89. The number of anilines is 1. The monoisotopic (exact) mass is 255 g/mol. The molecular formula is C13H25N3S. The molecule has 3 nitrogen and oxygen atoms in total. The minimum absolute atomic E-state index is 0.525. The lowest BCUT2D eigenvalue weighted by Gasteiger charge is -2.23. The summed E-state index contributed by atoms with van der Waals surface area (Å²) >= 11 is 1.79. The molecule has 1 unspecified atom stereocenters. The summed E-state index contributed by atoms with van der Waals surface area (Å²) in [4.78, 5) is 8.10. The quantitative estimate of drug-likeness (QED) is 0.810. The number of nitrogens with zero attached hydrogens (tertiary/aromatic N) is 2. The standard InChI is InChI=1S/C13H25N3S/c1-6-7-11(4)16(5)13-15-9-12(17-13)8-14-10(2)3/h9-11,14H,6-8H2,1-5H3. The van der Waals surface area contributed by atoms with Crippen molar-refractivity contribution >= 4 is 16.5 Å². The maximum absolute atomic E-state index is 4.50. The normalized spacial score (nSPS) is 13.1. The highest BCUT2D eigenvalue weighted by Crippen LogP contribution is 2.24. The first kappa shape index (κ1) is 14.5. The highest BCUT2D eigenvalue weighted by molar-refractivity contribution is 7.15. The fraction of sp³-hybridized carbons (Fsp3) is 0.769. The number of aromatic nitrogens is 1. The van der Waals surface area contributed by atoms with Crippen LogP contribution in [0.25, 0.3) is 0 Å². The first-order chi connectivity index (χ1) is 8.04. The maximum Gasteiger partial charge on any atom is 0.185 e. The van der Waals surface area contributed by atoms with Crippen LogP contribution in [0.5, 0.6) is 0 Å². The van der Waals surface area contributed by atoms with E-state index in [9.17, 15) is 0 Å². The van der Waals surface area contributed by atoms with Gasteiger partial charge in [-0.1, -0.05) is 27.2 Å². The van der Waals surface area contributed by atoms with E-state index >= 15 is 0 Å². The van der Waals surface area contributed by atoms with Crippen molar-refractivity contribution in [3.63, 3.8) is 0 Å². The van der Waals surface area contributed by atoms with Crippen molar-refractivity contribution in [2.45, 2.75) is 59.2 Å². The Kier molecular flexibility index (Phi) is 5.92. The van der Waals surface area contributed by atoms with E-state index in [0.29, 0.717) is 12.1 Å². The zero-order valence-electron chi connectivity index (χ0n) is 11.7. The summed E-state index contributed by atoms with van der Waals surface area (Å²) in [6.07, 6.45) is 4.43. The zero-order valence-corrected chi connectivity index (χ0v) is 12.5. The highest BCUT2D eigenvalue weighted by Gasteiger charge is 2.12. The molecular weight excluding hydrogens is 230 g/mol. The molecule has 0 saturated heterocycles. The Balaban J connectivity index is 2.54. The predicted octanol–water partition coefficient (Wildman–Crippen LogP) is 3.27. The van der Waals surface area contributed by atoms with Crippen molar-refractivity contribution < 1.29 is 0 Å². The third-order valence-corrected chi connectivity index (χ3v) is 3.98. The van der Waals surface area contributed by atoms with Gasteiger partial charge in [0.2, 0.25) is 0 Å². The number of hydrogen-bond donors (Lipinski definition) is 1. The molecule has 0 aliphatic rings. The molecule has 17 heavy (non-hydrogen) atoms. The van der Waals surface area contributed by atoms with E-state index in [-0.39, 0.29) is 0 Å². The Labute approximate surface area is 109 Å². The SMILES string of the molecule is CCCC(C)N(C)c1ncc(CNC(C)C)s1. The number of nitrogens with one attached hydrogen (secondary N) is 1. The molecule has 1 heterocycles. The van der Waals surface area contributed by atoms with Crippen molar-refractivity contribution in [1.29, 1.82) is 0 Å². The van der Waals surface area contributed by atoms with Gasteiger partial charge in [0.1, 0.15) is 0 Å². The molecule has 0 aliphatic heterocycles. The van der Waals surface area contributed by atoms with Crippen LogP contribution in [0.2, 0.25) is 0 Å². The number of rotatable bonds is 7. The van der Waals surface area contributed by atoms with Crippen LogP contribution >= 0.6 is 11.3 Å². The molecule has 0 amide bonds. The van der Waals surface area contributed by atoms with E-state index in [4.69, 9.17) is 0 Å². The van der Waals surface area contributed by atoms with E-state index in [1.807, 2.05) is 6.20 Å². The largest absolute Gasteiger partial charge is 0.348 e. The van der Waals surface area contributed by atoms with Gasteiger partial charge < -0.3 is 10.2 Å². The summed E-state index contributed by atoms with van der Waals surface area (Å²) in [7, 11) is 2.14. The van der Waals surface area contributed by atoms with Gasteiger partial charge in [-0.05, 0) is 13.3 Å². The van der Waals surface area contributed by atoms with E-state index in [1.54, 1.807) is 11.3 Å². The topological polar surface area (TPSA) is 28.2 Å². The molecule has 1 aromatic heterocycles. The van der Waals surface area contributed by atoms with Gasteiger partial charge in [-0.3, -0.25) is 0 Å². The average molecular weight is 255 g/mol. The Morgan fingerprint density at radius 2 is 2.12 bits per heavy atom. The Hall–Kier alpha value is -0.610. The molecule has 98 valence electrons. The summed E-state index contributed by atoms with van der Waals surface area (Å²) < 4.78 is 0. The van der Waals surface area contributed by atoms with Crippen LogP contribution in [0.3, 0.4) is 0 Å². The van der Waals surface area contributed by atoms with Gasteiger partial charge in [0.05, 0.1) is 0 Å². The van der Waals surface area contributed by atoms with Crippen molar-refractivity contribution in [3.05, 3.63) is 11.1 Å². The van der Waals surface area contributed by atoms with E-state index in [2.05, 4.69) is 49.9 Å². The third kappa shape index (κ3) is 4.64. The van der Waals surface area contributed by atoms with Gasteiger partial charge in [-0.2, -0.15) is 0 Å². The van der Waals surface area contributed by atoms with Crippen LogP contribution in [0.4, 0.5) is 5.13 Å². The van der Waals surface area contributed by atoms with Crippen LogP contribution in [-0.4, -0.2) is 24.1 Å². The van der Waals surface area contributed by atoms with Crippen molar-refractivity contribution in [2.75, 3.05) is 11.9 Å². The number of thiazole rings is 1. The zero-order chi connectivity index (χ0) is 12.8. The summed E-state index contributed by atoms with van der Waals surface area (Å²) in [6.45, 7) is 9.74. The predicted molar refractivity (Wildman–Crippen MR) is 76.9 cm³/mol. The number of hydrogen-bond acceptors (Lipinski definition) is 4. The summed E-state index contributed by atoms with van der Waals surface area (Å²) in [6, 6.07) is 1.09. The molecule has 0 radical (unpaired) electrons. The van der Waals surface area contributed by atoms with Crippen LogP contribution < -0.4 is 10.2 Å². The van der Waals surface area contributed by atoms with Gasteiger partial charge >= 0.3 is 0 Å². The van der Waals surface area contributed by atoms with Crippen molar-refractivity contribution in [1.82, 2.24) is 10.3 Å². The maximum atomic E-state index is 4.50. The molecule has 1 N–H and O–H groups in total. The van der Waals surface area contributed by atoms with Crippen LogP contribution in [0.15, 0.2) is 6.20 Å². The van der Waals surface area contributed by atoms with Crippen molar-refractivity contribution in [2.24, 2.45) is 0 Å². The van der Waals surface area contributed by atoms with Gasteiger partial charge in [0, 0.05) is 36.8 Å². The Morgan fingerprint density at radius 1 is 1.41 bits per heavy atom. The lowest BCUT2D eigenvalue weighted by molar-refractivity contribution is 0.593. The molecule has 1 aromatic rings. The minimum Gasteiger partial charge on any atom is -0.348 e. The fourth-order valence-electron chi connectivity index (χ4n) is 1.65. The smallest absolute Gasteiger partial charge is 0.185 e. The Morgan fingerprint density at radius 3 is 2.71 bits per heavy atom. The fourth-order valence-corrected chi connectivity index (χ4v) is 2.57. The average Bonchev–Trinajstić information content (AvgIpc) is 2.74. The molecule has 0 fully saturated rings. The van der Waals surface area contributed by atoms with E-state index < -0.39 is 0 Å². The molecule has 0 aliphatic carbocycles. The first-order valence-electron chi connectivity index (χ1n) is 6.45. The molecule has 1 rings (SSSR count). The highest BCUT2D eigenvalue weighted by atomic mass is 32.1. The third-order valence-electron chi connectivity index (χ3n) is 2.90. The van der Waals surface area contributed by atoms with Gasteiger partial charge in [0.25, 0.3) is 0 Å². The summed E-state index contributed by atoms with van der Waals surface area (Å²) in [5.74, 6) is 0. The van der Waals surface area contributed by atoms with Crippen LogP contribution in [0, 0.1) is 0 Å². The first-order valence-corrected chi connectivity index (χ1v) is 7.27. The van der Waals surface area contributed by atoms with Gasteiger partial charge in [-0.25, -0.2) is 4.98 Å². The lowest BCUT2D eigenvalue weighted by atomic mass is 10.2. The van der Waals surface area contributed by atoms with E-state index in [0.717, 1.165) is 11.7 Å². The molecule has 1 atom stereocenters. The minimum atomic E-state index is 0.525. The molecule has 0 bridgehead atoms. The van der Waals surface area contributed by atoms with E-state index in [1.165, 1.54) is 17.7 Å². The van der Waals surface area contributed by atoms with Gasteiger partial charge in [0.15, 0.2) is 5.13 Å². The second-order valence-corrected chi connectivity index (χ2v) is 5.99. The molecule has 0 saturated carbocycles. The Bertz CT molecular complexity index is 322. The van der Waals surface area contributed by atoms with Crippen LogP contribution in [-0.2, 0) is 6.54 Å². The second kappa shape index (κ2) is 6.97. The molecule has 0 aromatic carbocycles. The summed E-state index contributed by atoms with van der Waals surface area (Å²) in [5.41, 5.74) is 0. The van der Waals surface area contributed by atoms with Crippen LogP contribution in [0.1, 0.15) is 45.4 Å².